The van der Waals surface area contributed by atoms with Crippen molar-refractivity contribution in [2.45, 2.75) is 34.1 Å². The molecule has 3 nitrogen and oxygen atoms in total. The van der Waals surface area contributed by atoms with Crippen LogP contribution in [0.25, 0.3) is 0 Å². The molecule has 1 aromatic rings. The molecule has 90 valence electrons. The zero-order valence-corrected chi connectivity index (χ0v) is 11.1. The maximum atomic E-state index is 11.8. The van der Waals surface area contributed by atoms with Gasteiger partial charge in [-0.15, -0.1) is 0 Å². The number of benzene rings is 1. The summed E-state index contributed by atoms with van der Waals surface area (Å²) in [5.41, 5.74) is 5.46. The summed E-state index contributed by atoms with van der Waals surface area (Å²) in [5, 5.41) is 8.58. The van der Waals surface area contributed by atoms with Crippen molar-refractivity contribution in [3.8, 4) is 6.07 Å². The molecule has 0 heterocycles. The van der Waals surface area contributed by atoms with E-state index in [9.17, 15) is 4.79 Å². The van der Waals surface area contributed by atoms with Crippen LogP contribution in [0.5, 0.6) is 0 Å². The Morgan fingerprint density at radius 2 is 1.71 bits per heavy atom. The highest BCUT2D eigenvalue weighted by Crippen LogP contribution is 2.29. The largest absolute Gasteiger partial charge is 0.314 e. The van der Waals surface area contributed by atoms with Crippen molar-refractivity contribution >= 4 is 11.6 Å². The average Bonchev–Trinajstić information content (AvgIpc) is 2.27. The molecule has 0 bridgehead atoms. The van der Waals surface area contributed by atoms with Crippen LogP contribution in [0.3, 0.4) is 0 Å². The molecule has 0 saturated heterocycles. The minimum atomic E-state index is -0.163. The number of nitriles is 1. The first-order valence-electron chi connectivity index (χ1n) is 5.61. The molecular weight excluding hydrogens is 212 g/mol. The van der Waals surface area contributed by atoms with Crippen molar-refractivity contribution in [2.75, 3.05) is 11.9 Å². The highest BCUT2D eigenvalue weighted by molar-refractivity contribution is 5.95. The van der Waals surface area contributed by atoms with Gasteiger partial charge in [0.05, 0.1) is 6.07 Å². The van der Waals surface area contributed by atoms with E-state index >= 15 is 0 Å². The lowest BCUT2D eigenvalue weighted by Crippen LogP contribution is -2.27. The molecule has 0 N–H and O–H groups in total. The Bertz CT molecular complexity index is 472. The van der Waals surface area contributed by atoms with Gasteiger partial charge in [-0.3, -0.25) is 4.79 Å². The molecule has 0 radical (unpaired) electrons. The van der Waals surface area contributed by atoms with Gasteiger partial charge in [-0.2, -0.15) is 5.26 Å². The predicted molar refractivity (Wildman–Crippen MR) is 69.0 cm³/mol. The Labute approximate surface area is 103 Å². The summed E-state index contributed by atoms with van der Waals surface area (Å²) in [5.74, 6) is -0.163. The van der Waals surface area contributed by atoms with Gasteiger partial charge in [0.25, 0.3) is 0 Å². The molecular formula is C14H18N2O. The Hall–Kier alpha value is -1.82. The Morgan fingerprint density at radius 3 is 2.12 bits per heavy atom. The lowest BCUT2D eigenvalue weighted by molar-refractivity contribution is -0.117. The van der Waals surface area contributed by atoms with E-state index in [0.717, 1.165) is 16.8 Å². The fraction of sp³-hybridized carbons (Fsp3) is 0.429. The molecule has 0 atom stereocenters. The van der Waals surface area contributed by atoms with E-state index in [1.54, 1.807) is 11.9 Å². The fourth-order valence-corrected chi connectivity index (χ4v) is 2.01. The number of amides is 1. The molecule has 0 unspecified atom stereocenters. The van der Waals surface area contributed by atoms with Gasteiger partial charge in [0.2, 0.25) is 5.91 Å². The van der Waals surface area contributed by atoms with Crippen molar-refractivity contribution in [2.24, 2.45) is 0 Å². The van der Waals surface area contributed by atoms with Crippen molar-refractivity contribution in [1.29, 1.82) is 5.26 Å². The number of anilines is 1. The van der Waals surface area contributed by atoms with Gasteiger partial charge in [0.15, 0.2) is 0 Å². The second-order valence-electron chi connectivity index (χ2n) is 4.40. The second kappa shape index (κ2) is 5.01. The first-order chi connectivity index (χ1) is 7.90. The van der Waals surface area contributed by atoms with Gasteiger partial charge in [0.1, 0.15) is 6.42 Å². The molecule has 1 aromatic carbocycles. The van der Waals surface area contributed by atoms with E-state index in [4.69, 9.17) is 5.26 Å². The molecule has 0 aliphatic rings. The maximum Gasteiger partial charge on any atom is 0.240 e. The first kappa shape index (κ1) is 13.2. The summed E-state index contributed by atoms with van der Waals surface area (Å²) in [6.45, 7) is 8.09. The summed E-state index contributed by atoms with van der Waals surface area (Å²) < 4.78 is 0. The third kappa shape index (κ3) is 2.47. The number of hydrogen-bond donors (Lipinski definition) is 0. The van der Waals surface area contributed by atoms with E-state index in [1.165, 1.54) is 11.1 Å². The molecule has 17 heavy (non-hydrogen) atoms. The van der Waals surface area contributed by atoms with Crippen LogP contribution in [0, 0.1) is 39.0 Å². The summed E-state index contributed by atoms with van der Waals surface area (Å²) >= 11 is 0. The van der Waals surface area contributed by atoms with Crippen LogP contribution in [0.15, 0.2) is 6.07 Å². The highest BCUT2D eigenvalue weighted by Gasteiger charge is 2.17. The SMILES string of the molecule is Cc1cc(C)c(C)c(N(C)C(=O)CC#N)c1C. The monoisotopic (exact) mass is 230 g/mol. The van der Waals surface area contributed by atoms with Crippen molar-refractivity contribution < 1.29 is 4.79 Å². The summed E-state index contributed by atoms with van der Waals surface area (Å²) in [4.78, 5) is 13.4. The molecule has 0 aromatic heterocycles. The number of rotatable bonds is 2. The normalized spacial score (nSPS) is 9.88. The Kier molecular flexibility index (Phi) is 3.90. The topological polar surface area (TPSA) is 44.1 Å². The van der Waals surface area contributed by atoms with E-state index in [1.807, 2.05) is 33.8 Å². The third-order valence-electron chi connectivity index (χ3n) is 3.27. The molecule has 0 aliphatic carbocycles. The van der Waals surface area contributed by atoms with E-state index in [-0.39, 0.29) is 12.3 Å². The van der Waals surface area contributed by atoms with Crippen LogP contribution >= 0.6 is 0 Å². The number of carbonyl (C=O) groups excluding carboxylic acids is 1. The van der Waals surface area contributed by atoms with Gasteiger partial charge in [-0.25, -0.2) is 0 Å². The molecule has 0 spiro atoms. The standard InChI is InChI=1S/C14H18N2O/c1-9-8-10(2)12(4)14(11(9)3)16(5)13(17)6-7-15/h8H,6H2,1-5H3. The summed E-state index contributed by atoms with van der Waals surface area (Å²) in [7, 11) is 1.73. The average molecular weight is 230 g/mol. The Balaban J connectivity index is 3.31. The van der Waals surface area contributed by atoms with Crippen LogP contribution in [-0.2, 0) is 4.79 Å². The number of aryl methyl sites for hydroxylation is 2. The minimum Gasteiger partial charge on any atom is -0.314 e. The van der Waals surface area contributed by atoms with Crippen LogP contribution in [-0.4, -0.2) is 13.0 Å². The molecule has 0 aliphatic heterocycles. The molecule has 0 saturated carbocycles. The maximum absolute atomic E-state index is 11.8. The Morgan fingerprint density at radius 1 is 1.24 bits per heavy atom. The smallest absolute Gasteiger partial charge is 0.240 e. The lowest BCUT2D eigenvalue weighted by atomic mass is 9.98. The molecule has 3 heteroatoms. The van der Waals surface area contributed by atoms with Gasteiger partial charge in [-0.1, -0.05) is 6.07 Å². The van der Waals surface area contributed by atoms with E-state index in [2.05, 4.69) is 6.07 Å². The van der Waals surface area contributed by atoms with Gasteiger partial charge >= 0.3 is 0 Å². The lowest BCUT2D eigenvalue weighted by Gasteiger charge is -2.23. The number of hydrogen-bond acceptors (Lipinski definition) is 2. The van der Waals surface area contributed by atoms with Crippen LogP contribution < -0.4 is 4.90 Å². The van der Waals surface area contributed by atoms with Gasteiger partial charge in [0, 0.05) is 12.7 Å². The van der Waals surface area contributed by atoms with Crippen LogP contribution in [0.4, 0.5) is 5.69 Å². The quantitative estimate of drug-likeness (QED) is 0.784. The molecule has 1 rings (SSSR count). The number of nitrogens with zero attached hydrogens (tertiary/aromatic N) is 2. The molecule has 0 fully saturated rings. The number of carbonyl (C=O) groups is 1. The first-order valence-corrected chi connectivity index (χ1v) is 5.61. The second-order valence-corrected chi connectivity index (χ2v) is 4.40. The van der Waals surface area contributed by atoms with Gasteiger partial charge < -0.3 is 4.90 Å². The van der Waals surface area contributed by atoms with E-state index < -0.39 is 0 Å². The van der Waals surface area contributed by atoms with Crippen molar-refractivity contribution in [3.05, 3.63) is 28.3 Å². The fourth-order valence-electron chi connectivity index (χ4n) is 2.01. The van der Waals surface area contributed by atoms with Crippen LogP contribution in [0.1, 0.15) is 28.7 Å². The third-order valence-corrected chi connectivity index (χ3v) is 3.27. The summed E-state index contributed by atoms with van der Waals surface area (Å²) in [6.07, 6.45) is -0.0810. The van der Waals surface area contributed by atoms with Crippen molar-refractivity contribution in [3.63, 3.8) is 0 Å². The zero-order chi connectivity index (χ0) is 13.2. The zero-order valence-electron chi connectivity index (χ0n) is 11.1. The highest BCUT2D eigenvalue weighted by atomic mass is 16.2. The van der Waals surface area contributed by atoms with E-state index in [0.29, 0.717) is 0 Å². The molecule has 1 amide bonds. The van der Waals surface area contributed by atoms with Crippen LogP contribution in [0.2, 0.25) is 0 Å². The minimum absolute atomic E-state index is 0.0810. The predicted octanol–water partition coefficient (Wildman–Crippen LogP) is 2.80. The van der Waals surface area contributed by atoms with Gasteiger partial charge in [-0.05, 0) is 49.9 Å². The van der Waals surface area contributed by atoms with Crippen molar-refractivity contribution in [1.82, 2.24) is 0 Å². The summed E-state index contributed by atoms with van der Waals surface area (Å²) in [6, 6.07) is 4.02.